The summed E-state index contributed by atoms with van der Waals surface area (Å²) in [5.74, 6) is 1.78. The first-order valence-corrected chi connectivity index (χ1v) is 7.74. The van der Waals surface area contributed by atoms with Crippen LogP contribution in [0, 0.1) is 6.92 Å². The van der Waals surface area contributed by atoms with Crippen molar-refractivity contribution >= 4 is 11.3 Å². The summed E-state index contributed by atoms with van der Waals surface area (Å²) in [6.07, 6.45) is 4.11. The largest absolute Gasteiger partial charge is 0.333 e. The van der Waals surface area contributed by atoms with Crippen LogP contribution in [0.2, 0.25) is 0 Å². The molecule has 0 aromatic carbocycles. The van der Waals surface area contributed by atoms with Crippen LogP contribution >= 0.6 is 11.3 Å². The van der Waals surface area contributed by atoms with Gasteiger partial charge in [0.05, 0.1) is 5.69 Å². The predicted octanol–water partition coefficient (Wildman–Crippen LogP) is 2.11. The van der Waals surface area contributed by atoms with Crippen LogP contribution in [-0.2, 0) is 6.42 Å². The zero-order chi connectivity index (χ0) is 15.5. The molecule has 7 nitrogen and oxygen atoms in total. The van der Waals surface area contributed by atoms with Gasteiger partial charge >= 0.3 is 0 Å². The summed E-state index contributed by atoms with van der Waals surface area (Å²) < 4.78 is 5.37. The van der Waals surface area contributed by atoms with E-state index in [2.05, 4.69) is 37.3 Å². The molecule has 3 rings (SSSR count). The summed E-state index contributed by atoms with van der Waals surface area (Å²) in [6.45, 7) is 3.98. The molecule has 3 aromatic rings. The molecule has 0 spiro atoms. The van der Waals surface area contributed by atoms with Crippen molar-refractivity contribution < 1.29 is 4.52 Å². The Balaban J connectivity index is 1.88. The van der Waals surface area contributed by atoms with Crippen LogP contribution < -0.4 is 5.32 Å². The van der Waals surface area contributed by atoms with Gasteiger partial charge in [-0.25, -0.2) is 15.0 Å². The second-order valence-corrected chi connectivity index (χ2v) is 5.91. The average Bonchev–Trinajstić information content (AvgIpc) is 3.14. The van der Waals surface area contributed by atoms with Gasteiger partial charge in [0.25, 0.3) is 5.89 Å². The smallest absolute Gasteiger partial charge is 0.269 e. The molecule has 0 aliphatic carbocycles. The second kappa shape index (κ2) is 6.29. The van der Waals surface area contributed by atoms with Gasteiger partial charge in [0.2, 0.25) is 0 Å². The predicted molar refractivity (Wildman–Crippen MR) is 83.4 cm³/mol. The first kappa shape index (κ1) is 14.7. The SMILES string of the molecule is CNC(C)Cc1noc(-c2sc(-c3ncccn3)nc2C)n1. The van der Waals surface area contributed by atoms with Gasteiger partial charge in [0.1, 0.15) is 4.88 Å². The van der Waals surface area contributed by atoms with E-state index in [0.717, 1.165) is 15.6 Å². The van der Waals surface area contributed by atoms with Crippen molar-refractivity contribution in [1.29, 1.82) is 0 Å². The van der Waals surface area contributed by atoms with Gasteiger partial charge in [-0.15, -0.1) is 11.3 Å². The maximum atomic E-state index is 5.37. The van der Waals surface area contributed by atoms with Crippen LogP contribution in [0.5, 0.6) is 0 Å². The quantitative estimate of drug-likeness (QED) is 0.771. The van der Waals surface area contributed by atoms with E-state index in [4.69, 9.17) is 4.52 Å². The first-order chi connectivity index (χ1) is 10.7. The number of rotatable bonds is 5. The highest BCUT2D eigenvalue weighted by Gasteiger charge is 2.18. The van der Waals surface area contributed by atoms with Gasteiger partial charge in [-0.2, -0.15) is 4.98 Å². The van der Waals surface area contributed by atoms with Gasteiger partial charge in [-0.3, -0.25) is 0 Å². The van der Waals surface area contributed by atoms with E-state index >= 15 is 0 Å². The Bertz CT molecular complexity index is 754. The lowest BCUT2D eigenvalue weighted by atomic mass is 10.2. The number of nitrogens with one attached hydrogen (secondary N) is 1. The van der Waals surface area contributed by atoms with Crippen LogP contribution in [0.4, 0.5) is 0 Å². The third kappa shape index (κ3) is 3.02. The maximum Gasteiger partial charge on any atom is 0.269 e. The highest BCUT2D eigenvalue weighted by atomic mass is 32.1. The van der Waals surface area contributed by atoms with Gasteiger partial charge in [-0.1, -0.05) is 5.16 Å². The summed E-state index contributed by atoms with van der Waals surface area (Å²) in [5.41, 5.74) is 0.837. The minimum absolute atomic E-state index is 0.293. The number of aromatic nitrogens is 5. The Morgan fingerprint density at radius 3 is 2.77 bits per heavy atom. The summed E-state index contributed by atoms with van der Waals surface area (Å²) in [7, 11) is 1.91. The molecular weight excluding hydrogens is 300 g/mol. The number of hydrogen-bond acceptors (Lipinski definition) is 8. The van der Waals surface area contributed by atoms with Crippen molar-refractivity contribution in [3.05, 3.63) is 30.0 Å². The molecule has 3 heterocycles. The van der Waals surface area contributed by atoms with Crippen LogP contribution in [0.1, 0.15) is 18.4 Å². The lowest BCUT2D eigenvalue weighted by Crippen LogP contribution is -2.24. The first-order valence-electron chi connectivity index (χ1n) is 6.92. The molecule has 114 valence electrons. The second-order valence-electron chi connectivity index (χ2n) is 4.92. The molecule has 0 fully saturated rings. The minimum atomic E-state index is 0.293. The zero-order valence-electron chi connectivity index (χ0n) is 12.6. The number of hydrogen-bond donors (Lipinski definition) is 1. The summed E-state index contributed by atoms with van der Waals surface area (Å²) in [5, 5.41) is 7.92. The Morgan fingerprint density at radius 2 is 2.05 bits per heavy atom. The Morgan fingerprint density at radius 1 is 1.27 bits per heavy atom. The molecule has 0 amide bonds. The highest BCUT2D eigenvalue weighted by Crippen LogP contribution is 2.32. The molecule has 0 bridgehead atoms. The minimum Gasteiger partial charge on any atom is -0.333 e. The van der Waals surface area contributed by atoms with E-state index in [1.807, 2.05) is 14.0 Å². The Labute approximate surface area is 131 Å². The molecule has 22 heavy (non-hydrogen) atoms. The zero-order valence-corrected chi connectivity index (χ0v) is 13.4. The van der Waals surface area contributed by atoms with Crippen LogP contribution in [0.25, 0.3) is 21.6 Å². The number of nitrogens with zero attached hydrogens (tertiary/aromatic N) is 5. The highest BCUT2D eigenvalue weighted by molar-refractivity contribution is 7.18. The maximum absolute atomic E-state index is 5.37. The third-order valence-corrected chi connectivity index (χ3v) is 4.34. The molecular formula is C14H16N6OS. The fourth-order valence-electron chi connectivity index (χ4n) is 1.91. The van der Waals surface area contributed by atoms with Crippen LogP contribution in [-0.4, -0.2) is 38.2 Å². The van der Waals surface area contributed by atoms with E-state index in [9.17, 15) is 0 Å². The van der Waals surface area contributed by atoms with E-state index in [-0.39, 0.29) is 0 Å². The summed E-state index contributed by atoms with van der Waals surface area (Å²) in [4.78, 5) is 18.2. The molecule has 3 aromatic heterocycles. The van der Waals surface area contributed by atoms with Crippen molar-refractivity contribution in [2.45, 2.75) is 26.3 Å². The molecule has 0 radical (unpaired) electrons. The topological polar surface area (TPSA) is 89.6 Å². The fourth-order valence-corrected chi connectivity index (χ4v) is 2.84. The van der Waals surface area contributed by atoms with Gasteiger partial charge in [-0.05, 0) is 27.0 Å². The molecule has 0 aliphatic heterocycles. The molecule has 1 atom stereocenters. The molecule has 0 aliphatic rings. The lowest BCUT2D eigenvalue weighted by molar-refractivity contribution is 0.418. The monoisotopic (exact) mass is 316 g/mol. The number of likely N-dealkylation sites (N-methyl/N-ethyl adjacent to an activating group) is 1. The number of aryl methyl sites for hydroxylation is 1. The van der Waals surface area contributed by atoms with Crippen molar-refractivity contribution in [3.63, 3.8) is 0 Å². The normalized spacial score (nSPS) is 12.5. The molecule has 0 saturated heterocycles. The molecule has 1 N–H and O–H groups in total. The van der Waals surface area contributed by atoms with Crippen molar-refractivity contribution in [2.75, 3.05) is 7.05 Å². The van der Waals surface area contributed by atoms with Gasteiger partial charge in [0.15, 0.2) is 16.7 Å². The van der Waals surface area contributed by atoms with Crippen molar-refractivity contribution in [2.24, 2.45) is 0 Å². The average molecular weight is 316 g/mol. The fraction of sp³-hybridized carbons (Fsp3) is 0.357. The summed E-state index contributed by atoms with van der Waals surface area (Å²) in [6, 6.07) is 2.07. The van der Waals surface area contributed by atoms with Crippen molar-refractivity contribution in [3.8, 4) is 21.6 Å². The number of thiazole rings is 1. The van der Waals surface area contributed by atoms with E-state index in [0.29, 0.717) is 30.0 Å². The Hall–Kier alpha value is -2.19. The lowest BCUT2D eigenvalue weighted by Gasteiger charge is -2.04. The van der Waals surface area contributed by atoms with Gasteiger partial charge < -0.3 is 9.84 Å². The molecule has 0 saturated carbocycles. The van der Waals surface area contributed by atoms with Crippen LogP contribution in [0.3, 0.4) is 0 Å². The third-order valence-electron chi connectivity index (χ3n) is 3.20. The standard InChI is InChI=1S/C14H16N6OS/c1-8(15-3)7-10-19-13(21-20-10)11-9(2)18-14(22-11)12-16-5-4-6-17-12/h4-6,8,15H,7H2,1-3H3. The van der Waals surface area contributed by atoms with E-state index in [1.165, 1.54) is 11.3 Å². The van der Waals surface area contributed by atoms with Gasteiger partial charge in [0, 0.05) is 24.9 Å². The van der Waals surface area contributed by atoms with Crippen molar-refractivity contribution in [1.82, 2.24) is 30.4 Å². The summed E-state index contributed by atoms with van der Waals surface area (Å²) >= 11 is 1.46. The van der Waals surface area contributed by atoms with E-state index in [1.54, 1.807) is 18.5 Å². The molecule has 1 unspecified atom stereocenters. The van der Waals surface area contributed by atoms with Crippen LogP contribution in [0.15, 0.2) is 23.0 Å². The Kier molecular flexibility index (Phi) is 4.21. The van der Waals surface area contributed by atoms with E-state index < -0.39 is 0 Å². The molecule has 8 heteroatoms.